The molecule has 1 aliphatic rings. The minimum absolute atomic E-state index is 0.186. The highest BCUT2D eigenvalue weighted by Gasteiger charge is 2.25. The van der Waals surface area contributed by atoms with Crippen molar-refractivity contribution in [1.29, 1.82) is 0 Å². The number of fused-ring (bicyclic) bond motifs is 1. The molecule has 0 amide bonds. The maximum Gasteiger partial charge on any atom is 0.338 e. The zero-order valence-corrected chi connectivity index (χ0v) is 24.2. The Kier molecular flexibility index (Phi) is 8.43. The lowest BCUT2D eigenvalue weighted by atomic mass is 9.91. The summed E-state index contributed by atoms with van der Waals surface area (Å²) in [5, 5.41) is 0. The molecule has 0 saturated heterocycles. The van der Waals surface area contributed by atoms with Crippen molar-refractivity contribution in [2.24, 2.45) is 0 Å². The van der Waals surface area contributed by atoms with Gasteiger partial charge >= 0.3 is 17.9 Å². The van der Waals surface area contributed by atoms with Crippen molar-refractivity contribution in [3.8, 4) is 33.8 Å². The van der Waals surface area contributed by atoms with E-state index in [1.807, 2.05) is 13.8 Å². The number of aryl methyl sites for hydroxylation is 2. The second kappa shape index (κ2) is 11.8. The molecule has 41 heavy (non-hydrogen) atoms. The molecule has 3 aromatic rings. The fraction of sp³-hybridized carbons (Fsp3) is 0.229. The van der Waals surface area contributed by atoms with E-state index in [1.165, 1.54) is 17.2 Å². The van der Waals surface area contributed by atoms with Crippen molar-refractivity contribution in [1.82, 2.24) is 0 Å². The molecular formula is C35H34O6. The van der Waals surface area contributed by atoms with Gasteiger partial charge < -0.3 is 14.2 Å². The SMILES string of the molecule is C=C(C)C(=O)Oc1cc(OC(=O)C(=C)C)cc(-c2cc(C)c(-c3ccc4c(c3)CC(OC(=O)C(=C)C)C4)cc2C)c1. The molecule has 0 aliphatic heterocycles. The fourth-order valence-corrected chi connectivity index (χ4v) is 4.75. The molecule has 0 saturated carbocycles. The van der Waals surface area contributed by atoms with Gasteiger partial charge in [0, 0.05) is 35.6 Å². The van der Waals surface area contributed by atoms with Crippen LogP contribution in [-0.2, 0) is 32.0 Å². The summed E-state index contributed by atoms with van der Waals surface area (Å²) >= 11 is 0. The molecule has 210 valence electrons. The normalized spacial score (nSPS) is 13.6. The predicted octanol–water partition coefficient (Wildman–Crippen LogP) is 7.19. The second-order valence-corrected chi connectivity index (χ2v) is 10.7. The van der Waals surface area contributed by atoms with E-state index in [9.17, 15) is 14.4 Å². The third-order valence-corrected chi connectivity index (χ3v) is 6.92. The van der Waals surface area contributed by atoms with Gasteiger partial charge in [-0.15, -0.1) is 0 Å². The summed E-state index contributed by atoms with van der Waals surface area (Å²) < 4.78 is 16.6. The average molecular weight is 551 g/mol. The van der Waals surface area contributed by atoms with Gasteiger partial charge in [0.2, 0.25) is 0 Å². The van der Waals surface area contributed by atoms with Crippen molar-refractivity contribution in [2.75, 3.05) is 0 Å². The van der Waals surface area contributed by atoms with Crippen LogP contribution in [0.15, 0.2) is 85.0 Å². The van der Waals surface area contributed by atoms with Crippen LogP contribution in [-0.4, -0.2) is 24.0 Å². The molecular weight excluding hydrogens is 516 g/mol. The van der Waals surface area contributed by atoms with Crippen LogP contribution >= 0.6 is 0 Å². The van der Waals surface area contributed by atoms with Gasteiger partial charge in [-0.25, -0.2) is 14.4 Å². The summed E-state index contributed by atoms with van der Waals surface area (Å²) in [4.78, 5) is 36.5. The minimum Gasteiger partial charge on any atom is -0.458 e. The summed E-state index contributed by atoms with van der Waals surface area (Å²) in [5.74, 6) is -1.03. The second-order valence-electron chi connectivity index (χ2n) is 10.7. The Morgan fingerprint density at radius 2 is 1.12 bits per heavy atom. The third-order valence-electron chi connectivity index (χ3n) is 6.92. The summed E-state index contributed by atoms with van der Waals surface area (Å²) in [5.41, 5.74) is 9.05. The summed E-state index contributed by atoms with van der Waals surface area (Å²) in [7, 11) is 0. The van der Waals surface area contributed by atoms with Crippen LogP contribution in [0.5, 0.6) is 11.5 Å². The molecule has 4 rings (SSSR count). The zero-order chi connectivity index (χ0) is 30.0. The Bertz CT molecular complexity index is 1580. The monoisotopic (exact) mass is 550 g/mol. The van der Waals surface area contributed by atoms with E-state index >= 15 is 0 Å². The topological polar surface area (TPSA) is 78.9 Å². The highest BCUT2D eigenvalue weighted by molar-refractivity contribution is 5.91. The number of hydrogen-bond donors (Lipinski definition) is 0. The van der Waals surface area contributed by atoms with Gasteiger partial charge in [-0.05, 0) is 91.3 Å². The number of carbonyl (C=O) groups is 3. The van der Waals surface area contributed by atoms with Gasteiger partial charge in [0.05, 0.1) is 0 Å². The lowest BCUT2D eigenvalue weighted by Crippen LogP contribution is -2.18. The molecule has 1 atom stereocenters. The first kappa shape index (κ1) is 29.3. The van der Waals surface area contributed by atoms with Gasteiger partial charge in [0.25, 0.3) is 0 Å². The van der Waals surface area contributed by atoms with Crippen LogP contribution in [0.25, 0.3) is 22.3 Å². The molecule has 0 bridgehead atoms. The molecule has 1 unspecified atom stereocenters. The van der Waals surface area contributed by atoms with Crippen molar-refractivity contribution < 1.29 is 28.6 Å². The Hall–Kier alpha value is -4.71. The number of hydrogen-bond acceptors (Lipinski definition) is 6. The summed E-state index contributed by atoms with van der Waals surface area (Å²) in [6.07, 6.45) is 1.17. The van der Waals surface area contributed by atoms with E-state index in [-0.39, 0.29) is 34.7 Å². The van der Waals surface area contributed by atoms with Crippen molar-refractivity contribution in [3.63, 3.8) is 0 Å². The first-order valence-electron chi connectivity index (χ1n) is 13.3. The number of carbonyl (C=O) groups excluding carboxylic acids is 3. The number of benzene rings is 3. The Balaban J connectivity index is 1.68. The molecule has 1 aliphatic carbocycles. The van der Waals surface area contributed by atoms with Crippen LogP contribution in [0.3, 0.4) is 0 Å². The quantitative estimate of drug-likeness (QED) is 0.168. The Morgan fingerprint density at radius 3 is 1.63 bits per heavy atom. The van der Waals surface area contributed by atoms with Crippen molar-refractivity contribution >= 4 is 17.9 Å². The van der Waals surface area contributed by atoms with Crippen LogP contribution in [0, 0.1) is 13.8 Å². The van der Waals surface area contributed by atoms with Crippen LogP contribution < -0.4 is 9.47 Å². The third kappa shape index (κ3) is 6.72. The molecule has 3 aromatic carbocycles. The largest absolute Gasteiger partial charge is 0.458 e. The van der Waals surface area contributed by atoms with Crippen molar-refractivity contribution in [3.05, 3.63) is 107 Å². The minimum atomic E-state index is -0.573. The highest BCUT2D eigenvalue weighted by Crippen LogP contribution is 2.37. The van der Waals surface area contributed by atoms with E-state index in [0.29, 0.717) is 18.4 Å². The average Bonchev–Trinajstić information content (AvgIpc) is 3.30. The summed E-state index contributed by atoms with van der Waals surface area (Å²) in [6, 6.07) is 15.5. The number of esters is 3. The Morgan fingerprint density at radius 1 is 0.634 bits per heavy atom. The standard InChI is InChI=1S/C35H34O6/c1-19(2)33(36)39-28-14-24-9-10-25(13-26(24)15-28)31-11-23(8)32(12-22(31)7)27-16-29(40-34(37)20(3)4)18-30(17-27)41-35(38)21(5)6/h9-13,16-18,28H,1,3,5,14-15H2,2,4,6-8H3. The molecule has 0 aromatic heterocycles. The van der Waals surface area contributed by atoms with Gasteiger partial charge in [-0.1, -0.05) is 50.1 Å². The lowest BCUT2D eigenvalue weighted by Gasteiger charge is -2.16. The van der Waals surface area contributed by atoms with E-state index < -0.39 is 11.9 Å². The molecule has 6 heteroatoms. The van der Waals surface area contributed by atoms with Crippen molar-refractivity contribution in [2.45, 2.75) is 53.6 Å². The van der Waals surface area contributed by atoms with E-state index in [0.717, 1.165) is 33.4 Å². The maximum absolute atomic E-state index is 12.2. The maximum atomic E-state index is 12.2. The molecule has 0 heterocycles. The van der Waals surface area contributed by atoms with Gasteiger partial charge in [-0.3, -0.25) is 0 Å². The fourth-order valence-electron chi connectivity index (χ4n) is 4.75. The van der Waals surface area contributed by atoms with E-state index in [4.69, 9.17) is 14.2 Å². The highest BCUT2D eigenvalue weighted by atomic mass is 16.5. The first-order valence-corrected chi connectivity index (χ1v) is 13.3. The molecule has 0 spiro atoms. The predicted molar refractivity (Wildman–Crippen MR) is 160 cm³/mol. The zero-order valence-electron chi connectivity index (χ0n) is 24.2. The number of ether oxygens (including phenoxy) is 3. The van der Waals surface area contributed by atoms with Gasteiger partial charge in [-0.2, -0.15) is 0 Å². The van der Waals surface area contributed by atoms with E-state index in [1.54, 1.807) is 32.9 Å². The van der Waals surface area contributed by atoms with Gasteiger partial charge in [0.1, 0.15) is 17.6 Å². The van der Waals surface area contributed by atoms with Crippen LogP contribution in [0.2, 0.25) is 0 Å². The lowest BCUT2D eigenvalue weighted by molar-refractivity contribution is -0.143. The molecule has 0 N–H and O–H groups in total. The molecule has 0 radical (unpaired) electrons. The number of rotatable bonds is 8. The molecule has 6 nitrogen and oxygen atoms in total. The smallest absolute Gasteiger partial charge is 0.338 e. The van der Waals surface area contributed by atoms with Crippen LogP contribution in [0.1, 0.15) is 43.0 Å². The first-order chi connectivity index (χ1) is 19.3. The Labute approximate surface area is 241 Å². The summed E-state index contributed by atoms with van der Waals surface area (Å²) in [6.45, 7) is 19.8. The van der Waals surface area contributed by atoms with Gasteiger partial charge in [0.15, 0.2) is 0 Å². The molecule has 0 fully saturated rings. The van der Waals surface area contributed by atoms with Crippen LogP contribution in [0.4, 0.5) is 0 Å². The van der Waals surface area contributed by atoms with E-state index in [2.05, 4.69) is 50.1 Å².